The van der Waals surface area contributed by atoms with Crippen molar-refractivity contribution in [3.05, 3.63) is 29.0 Å². The molecule has 2 aromatic rings. The Morgan fingerprint density at radius 1 is 1.50 bits per heavy atom. The predicted molar refractivity (Wildman–Crippen MR) is 68.2 cm³/mol. The van der Waals surface area contributed by atoms with Crippen LogP contribution in [0.2, 0.25) is 0 Å². The van der Waals surface area contributed by atoms with E-state index in [1.165, 1.54) is 4.88 Å². The summed E-state index contributed by atoms with van der Waals surface area (Å²) < 4.78 is 0. The van der Waals surface area contributed by atoms with Gasteiger partial charge >= 0.3 is 0 Å². The minimum Gasteiger partial charge on any atom is -0.396 e. The van der Waals surface area contributed by atoms with Gasteiger partial charge in [0.25, 0.3) is 0 Å². The molecular formula is C11H14N4S. The second-order valence-corrected chi connectivity index (χ2v) is 4.67. The van der Waals surface area contributed by atoms with Crippen molar-refractivity contribution in [1.82, 2.24) is 9.97 Å². The molecule has 2 aromatic heterocycles. The van der Waals surface area contributed by atoms with Crippen LogP contribution in [0.4, 0.5) is 16.5 Å². The van der Waals surface area contributed by atoms with Gasteiger partial charge in [-0.05, 0) is 19.4 Å². The Bertz CT molecular complexity index is 492. The summed E-state index contributed by atoms with van der Waals surface area (Å²) in [4.78, 5) is 9.69. The van der Waals surface area contributed by atoms with Crippen LogP contribution in [-0.4, -0.2) is 9.97 Å². The summed E-state index contributed by atoms with van der Waals surface area (Å²) in [5.74, 6) is 0. The molecule has 0 saturated heterocycles. The van der Waals surface area contributed by atoms with Crippen LogP contribution in [0.25, 0.3) is 0 Å². The molecule has 5 heteroatoms. The van der Waals surface area contributed by atoms with Gasteiger partial charge in [0, 0.05) is 11.1 Å². The molecule has 0 aliphatic heterocycles. The summed E-state index contributed by atoms with van der Waals surface area (Å²) >= 11 is 1.64. The Morgan fingerprint density at radius 3 is 2.94 bits per heavy atom. The molecule has 0 spiro atoms. The fraction of sp³-hybridized carbons (Fsp3) is 0.273. The Morgan fingerprint density at radius 2 is 2.31 bits per heavy atom. The number of thiazole rings is 1. The second kappa shape index (κ2) is 4.49. The molecule has 0 aromatic carbocycles. The molecule has 2 heterocycles. The molecule has 16 heavy (non-hydrogen) atoms. The van der Waals surface area contributed by atoms with Gasteiger partial charge in [-0.15, -0.1) is 11.3 Å². The first kappa shape index (κ1) is 10.9. The topological polar surface area (TPSA) is 63.8 Å². The van der Waals surface area contributed by atoms with Crippen molar-refractivity contribution in [3.63, 3.8) is 0 Å². The monoisotopic (exact) mass is 234 g/mol. The molecule has 0 saturated carbocycles. The van der Waals surface area contributed by atoms with Gasteiger partial charge in [-0.1, -0.05) is 6.92 Å². The number of nitrogen functional groups attached to an aromatic ring is 1. The van der Waals surface area contributed by atoms with Crippen LogP contribution in [0.5, 0.6) is 0 Å². The molecule has 3 N–H and O–H groups in total. The van der Waals surface area contributed by atoms with E-state index in [1.807, 2.05) is 6.07 Å². The maximum Gasteiger partial charge on any atom is 0.187 e. The molecule has 0 radical (unpaired) electrons. The number of pyridine rings is 1. The van der Waals surface area contributed by atoms with Crippen molar-refractivity contribution in [2.24, 2.45) is 0 Å². The lowest BCUT2D eigenvalue weighted by molar-refractivity contribution is 1.05. The molecule has 0 amide bonds. The molecule has 4 nitrogen and oxygen atoms in total. The van der Waals surface area contributed by atoms with E-state index in [0.717, 1.165) is 22.9 Å². The highest BCUT2D eigenvalue weighted by atomic mass is 32.1. The van der Waals surface area contributed by atoms with E-state index in [0.29, 0.717) is 5.69 Å². The van der Waals surface area contributed by atoms with Crippen LogP contribution >= 0.6 is 11.3 Å². The molecule has 0 aliphatic rings. The van der Waals surface area contributed by atoms with E-state index in [1.54, 1.807) is 23.7 Å². The number of rotatable bonds is 3. The fourth-order valence-corrected chi connectivity index (χ4v) is 2.36. The maximum absolute atomic E-state index is 5.80. The first-order chi connectivity index (χ1) is 7.70. The number of nitrogens with one attached hydrogen (secondary N) is 1. The normalized spacial score (nSPS) is 10.4. The van der Waals surface area contributed by atoms with Gasteiger partial charge in [0.05, 0.1) is 23.3 Å². The quantitative estimate of drug-likeness (QED) is 0.857. The first-order valence-electron chi connectivity index (χ1n) is 5.13. The average molecular weight is 234 g/mol. The van der Waals surface area contributed by atoms with E-state index in [-0.39, 0.29) is 0 Å². The van der Waals surface area contributed by atoms with Crippen LogP contribution in [0.15, 0.2) is 18.5 Å². The lowest BCUT2D eigenvalue weighted by atomic mass is 10.3. The molecule has 84 valence electrons. The van der Waals surface area contributed by atoms with Gasteiger partial charge < -0.3 is 11.1 Å². The highest BCUT2D eigenvalue weighted by molar-refractivity contribution is 7.15. The Hall–Kier alpha value is -1.62. The number of aryl methyl sites for hydroxylation is 2. The van der Waals surface area contributed by atoms with Crippen LogP contribution in [0.3, 0.4) is 0 Å². The van der Waals surface area contributed by atoms with E-state index in [2.05, 4.69) is 29.1 Å². The highest BCUT2D eigenvalue weighted by Gasteiger charge is 2.06. The lowest BCUT2D eigenvalue weighted by Crippen LogP contribution is -1.96. The number of anilines is 3. The molecule has 0 bridgehead atoms. The number of aromatic nitrogens is 2. The van der Waals surface area contributed by atoms with Crippen LogP contribution in [-0.2, 0) is 6.42 Å². The first-order valence-corrected chi connectivity index (χ1v) is 5.95. The lowest BCUT2D eigenvalue weighted by Gasteiger charge is -2.04. The van der Waals surface area contributed by atoms with Crippen molar-refractivity contribution >= 4 is 27.8 Å². The number of hydrogen-bond acceptors (Lipinski definition) is 5. The summed E-state index contributed by atoms with van der Waals surface area (Å²) in [5, 5.41) is 4.09. The van der Waals surface area contributed by atoms with Crippen molar-refractivity contribution < 1.29 is 0 Å². The minimum atomic E-state index is 0.633. The van der Waals surface area contributed by atoms with Gasteiger partial charge in [-0.3, -0.25) is 4.98 Å². The summed E-state index contributed by atoms with van der Waals surface area (Å²) in [6, 6.07) is 1.84. The van der Waals surface area contributed by atoms with Gasteiger partial charge in [0.1, 0.15) is 0 Å². The van der Waals surface area contributed by atoms with Crippen LogP contribution in [0, 0.1) is 6.92 Å². The van der Waals surface area contributed by atoms with Crippen molar-refractivity contribution in [2.45, 2.75) is 20.3 Å². The average Bonchev–Trinajstić information content (AvgIpc) is 2.62. The second-order valence-electron chi connectivity index (χ2n) is 3.46. The Kier molecular flexibility index (Phi) is 3.05. The zero-order chi connectivity index (χ0) is 11.5. The predicted octanol–water partition coefficient (Wildman–Crippen LogP) is 2.73. The number of nitrogens with two attached hydrogens (primary N) is 1. The standard InChI is InChI=1S/C11H14N4S/c1-3-9-7(2)16-11(14-9)15-10-4-5-13-6-8(10)12/h4-6H,3,12H2,1-2H3,(H,13,14,15). The van der Waals surface area contributed by atoms with Crippen LogP contribution < -0.4 is 11.1 Å². The molecule has 0 unspecified atom stereocenters. The number of hydrogen-bond donors (Lipinski definition) is 2. The van der Waals surface area contributed by atoms with Gasteiger partial charge in [-0.25, -0.2) is 4.98 Å². The van der Waals surface area contributed by atoms with Gasteiger partial charge in [-0.2, -0.15) is 0 Å². The van der Waals surface area contributed by atoms with E-state index >= 15 is 0 Å². The Labute approximate surface area is 98.6 Å². The minimum absolute atomic E-state index is 0.633. The summed E-state index contributed by atoms with van der Waals surface area (Å²) in [6.45, 7) is 4.18. The fourth-order valence-electron chi connectivity index (χ4n) is 1.45. The SMILES string of the molecule is CCc1nc(Nc2ccncc2N)sc1C. The van der Waals surface area contributed by atoms with Gasteiger partial charge in [0.2, 0.25) is 0 Å². The van der Waals surface area contributed by atoms with Crippen molar-refractivity contribution in [2.75, 3.05) is 11.1 Å². The molecule has 0 aliphatic carbocycles. The number of nitrogens with zero attached hydrogens (tertiary/aromatic N) is 2. The molecule has 0 fully saturated rings. The zero-order valence-electron chi connectivity index (χ0n) is 9.32. The summed E-state index contributed by atoms with van der Waals surface area (Å²) in [7, 11) is 0. The maximum atomic E-state index is 5.80. The smallest absolute Gasteiger partial charge is 0.187 e. The molecular weight excluding hydrogens is 220 g/mol. The molecule has 2 rings (SSSR count). The third-order valence-electron chi connectivity index (χ3n) is 2.32. The van der Waals surface area contributed by atoms with Crippen molar-refractivity contribution in [1.29, 1.82) is 0 Å². The summed E-state index contributed by atoms with van der Waals surface area (Å²) in [5.41, 5.74) is 8.42. The van der Waals surface area contributed by atoms with Gasteiger partial charge in [0.15, 0.2) is 5.13 Å². The third kappa shape index (κ3) is 2.14. The third-order valence-corrected chi connectivity index (χ3v) is 3.25. The molecule has 0 atom stereocenters. The highest BCUT2D eigenvalue weighted by Crippen LogP contribution is 2.27. The summed E-state index contributed by atoms with van der Waals surface area (Å²) in [6.07, 6.45) is 4.29. The van der Waals surface area contributed by atoms with E-state index in [9.17, 15) is 0 Å². The Balaban J connectivity index is 2.24. The zero-order valence-corrected chi connectivity index (χ0v) is 10.1. The van der Waals surface area contributed by atoms with Crippen molar-refractivity contribution in [3.8, 4) is 0 Å². The van der Waals surface area contributed by atoms with E-state index in [4.69, 9.17) is 5.73 Å². The van der Waals surface area contributed by atoms with Crippen LogP contribution in [0.1, 0.15) is 17.5 Å². The largest absolute Gasteiger partial charge is 0.396 e. The van der Waals surface area contributed by atoms with E-state index < -0.39 is 0 Å².